The molecule has 0 saturated carbocycles. The number of benzene rings is 1. The Hall–Kier alpha value is -2.20. The molecule has 0 bridgehead atoms. The van der Waals surface area contributed by atoms with Crippen LogP contribution in [0.5, 0.6) is 0 Å². The van der Waals surface area contributed by atoms with Crippen molar-refractivity contribution >= 4 is 10.0 Å². The van der Waals surface area contributed by atoms with Crippen molar-refractivity contribution in [3.63, 3.8) is 0 Å². The van der Waals surface area contributed by atoms with Crippen LogP contribution in [-0.2, 0) is 32.6 Å². The standard InChI is InChI=1S/C19H18F6N4O4S/c20-10-2-12(22)11(21)1-9(10)17-13(26)3-15(18(33-17)19(23,24)25)28-4-8-5-29(27-14(8)6-28)34(30,31)16-7-32-16/h1-2,5,13,15-18H,3-4,6-7,26H2/t13-,15+,16?,17+,18-/m0/s1. The van der Waals surface area contributed by atoms with Gasteiger partial charge in [0.1, 0.15) is 11.9 Å². The van der Waals surface area contributed by atoms with Crippen LogP contribution in [0.15, 0.2) is 18.3 Å². The number of aromatic nitrogens is 2. The fourth-order valence-corrected chi connectivity index (χ4v) is 5.57. The summed E-state index contributed by atoms with van der Waals surface area (Å²) >= 11 is 0. The second-order valence-corrected chi connectivity index (χ2v) is 10.4. The molecule has 0 aliphatic carbocycles. The first-order valence-electron chi connectivity index (χ1n) is 10.2. The summed E-state index contributed by atoms with van der Waals surface area (Å²) in [6.07, 6.45) is -8.02. The monoisotopic (exact) mass is 512 g/mol. The predicted molar refractivity (Wildman–Crippen MR) is 102 cm³/mol. The molecule has 8 nitrogen and oxygen atoms in total. The van der Waals surface area contributed by atoms with Gasteiger partial charge in [-0.05, 0) is 12.5 Å². The van der Waals surface area contributed by atoms with Gasteiger partial charge in [0, 0.05) is 48.6 Å². The van der Waals surface area contributed by atoms with Crippen molar-refractivity contribution in [2.45, 2.75) is 55.4 Å². The normalized spacial score (nSPS) is 29.9. The lowest BCUT2D eigenvalue weighted by atomic mass is 9.89. The molecule has 3 aliphatic heterocycles. The van der Waals surface area contributed by atoms with Gasteiger partial charge in [-0.25, -0.2) is 21.6 Å². The molecule has 5 rings (SSSR count). The average Bonchev–Trinajstić information content (AvgIpc) is 3.41. The molecule has 3 aliphatic rings. The number of nitrogens with zero attached hydrogens (tertiary/aromatic N) is 3. The highest BCUT2D eigenvalue weighted by atomic mass is 32.2. The second-order valence-electron chi connectivity index (χ2n) is 8.46. The van der Waals surface area contributed by atoms with E-state index in [4.69, 9.17) is 15.2 Å². The first-order chi connectivity index (χ1) is 15.9. The van der Waals surface area contributed by atoms with Crippen molar-refractivity contribution in [1.82, 2.24) is 14.1 Å². The zero-order valence-corrected chi connectivity index (χ0v) is 18.0. The van der Waals surface area contributed by atoms with Crippen molar-refractivity contribution in [3.05, 3.63) is 52.6 Å². The maximum Gasteiger partial charge on any atom is 0.416 e. The van der Waals surface area contributed by atoms with Crippen LogP contribution in [0.1, 0.15) is 29.3 Å². The van der Waals surface area contributed by atoms with Crippen LogP contribution < -0.4 is 5.73 Å². The summed E-state index contributed by atoms with van der Waals surface area (Å²) in [7, 11) is -3.83. The van der Waals surface area contributed by atoms with Gasteiger partial charge in [0.15, 0.2) is 17.7 Å². The number of epoxide rings is 1. The van der Waals surface area contributed by atoms with Gasteiger partial charge in [-0.1, -0.05) is 0 Å². The molecular formula is C19H18F6N4O4S. The van der Waals surface area contributed by atoms with Gasteiger partial charge in [0.05, 0.1) is 12.3 Å². The summed E-state index contributed by atoms with van der Waals surface area (Å²) in [6.45, 7) is -0.0991. The lowest BCUT2D eigenvalue weighted by Crippen LogP contribution is -2.58. The zero-order chi connectivity index (χ0) is 24.6. The van der Waals surface area contributed by atoms with Crippen molar-refractivity contribution < 1.29 is 44.2 Å². The van der Waals surface area contributed by atoms with Crippen LogP contribution in [0.25, 0.3) is 0 Å². The lowest BCUT2D eigenvalue weighted by Gasteiger charge is -2.44. The molecule has 0 spiro atoms. The predicted octanol–water partition coefficient (Wildman–Crippen LogP) is 1.94. The third-order valence-electron chi connectivity index (χ3n) is 6.16. The minimum absolute atomic E-state index is 0.0449. The first kappa shape index (κ1) is 23.5. The van der Waals surface area contributed by atoms with Gasteiger partial charge in [-0.3, -0.25) is 4.90 Å². The van der Waals surface area contributed by atoms with Gasteiger partial charge < -0.3 is 15.2 Å². The number of hydrogen-bond acceptors (Lipinski definition) is 7. The highest BCUT2D eigenvalue weighted by Gasteiger charge is 2.54. The maximum atomic E-state index is 14.2. The molecule has 1 unspecified atom stereocenters. The third-order valence-corrected chi connectivity index (χ3v) is 7.81. The molecular weight excluding hydrogens is 494 g/mol. The number of fused-ring (bicyclic) bond motifs is 1. The van der Waals surface area contributed by atoms with Crippen molar-refractivity contribution in [2.24, 2.45) is 5.73 Å². The Morgan fingerprint density at radius 1 is 1.09 bits per heavy atom. The molecule has 5 atom stereocenters. The average molecular weight is 512 g/mol. The minimum Gasteiger partial charge on any atom is -0.357 e. The molecule has 2 aromatic rings. The van der Waals surface area contributed by atoms with Gasteiger partial charge in [-0.2, -0.15) is 22.4 Å². The molecule has 1 aromatic heterocycles. The smallest absolute Gasteiger partial charge is 0.357 e. The molecule has 15 heteroatoms. The van der Waals surface area contributed by atoms with E-state index in [9.17, 15) is 34.8 Å². The van der Waals surface area contributed by atoms with Gasteiger partial charge in [0.2, 0.25) is 5.44 Å². The maximum absolute atomic E-state index is 14.2. The van der Waals surface area contributed by atoms with E-state index in [2.05, 4.69) is 5.10 Å². The quantitative estimate of drug-likeness (QED) is 0.380. The van der Waals surface area contributed by atoms with Crippen LogP contribution in [0.3, 0.4) is 0 Å². The van der Waals surface area contributed by atoms with Gasteiger partial charge in [0.25, 0.3) is 10.0 Å². The molecule has 0 amide bonds. The van der Waals surface area contributed by atoms with Gasteiger partial charge >= 0.3 is 6.18 Å². The van der Waals surface area contributed by atoms with Crippen molar-refractivity contribution in [3.8, 4) is 0 Å². The Bertz CT molecular complexity index is 1210. The zero-order valence-electron chi connectivity index (χ0n) is 17.2. The third kappa shape index (κ3) is 3.98. The van der Waals surface area contributed by atoms with Crippen LogP contribution >= 0.6 is 0 Å². The molecule has 2 fully saturated rings. The van der Waals surface area contributed by atoms with E-state index in [1.54, 1.807) is 0 Å². The van der Waals surface area contributed by atoms with E-state index in [0.717, 1.165) is 4.09 Å². The summed E-state index contributed by atoms with van der Waals surface area (Å²) in [5.41, 5.74) is 5.13. The van der Waals surface area contributed by atoms with E-state index in [-0.39, 0.29) is 37.9 Å². The van der Waals surface area contributed by atoms with Gasteiger partial charge in [-0.15, -0.1) is 0 Å². The van der Waals surface area contributed by atoms with Crippen LogP contribution in [0.4, 0.5) is 26.3 Å². The molecule has 2 N–H and O–H groups in total. The Kier molecular flexibility index (Phi) is 5.48. The van der Waals surface area contributed by atoms with Crippen LogP contribution in [0.2, 0.25) is 0 Å². The van der Waals surface area contributed by atoms with Crippen LogP contribution in [-0.4, -0.2) is 58.9 Å². The fraction of sp³-hybridized carbons (Fsp3) is 0.526. The number of hydrogen-bond donors (Lipinski definition) is 1. The Balaban J connectivity index is 1.39. The van der Waals surface area contributed by atoms with Crippen LogP contribution in [0, 0.1) is 17.5 Å². The number of alkyl halides is 3. The topological polar surface area (TPSA) is 103 Å². The Morgan fingerprint density at radius 2 is 1.76 bits per heavy atom. The molecule has 186 valence electrons. The van der Waals surface area contributed by atoms with Crippen molar-refractivity contribution in [1.29, 1.82) is 0 Å². The number of ether oxygens (including phenoxy) is 2. The number of halogens is 6. The lowest BCUT2D eigenvalue weighted by molar-refractivity contribution is -0.269. The summed E-state index contributed by atoms with van der Waals surface area (Å²) in [4.78, 5) is 1.40. The summed E-state index contributed by atoms with van der Waals surface area (Å²) in [5, 5.41) is 3.99. The largest absolute Gasteiger partial charge is 0.416 e. The molecule has 0 radical (unpaired) electrons. The molecule has 34 heavy (non-hydrogen) atoms. The van der Waals surface area contributed by atoms with E-state index < -0.39 is 68.9 Å². The van der Waals surface area contributed by atoms with E-state index in [1.165, 1.54) is 11.1 Å². The highest BCUT2D eigenvalue weighted by Crippen LogP contribution is 2.42. The highest BCUT2D eigenvalue weighted by molar-refractivity contribution is 7.90. The van der Waals surface area contributed by atoms with E-state index in [1.807, 2.05) is 0 Å². The first-order valence-corrected chi connectivity index (χ1v) is 11.7. The molecule has 1 aromatic carbocycles. The van der Waals surface area contributed by atoms with Crippen molar-refractivity contribution in [2.75, 3.05) is 6.61 Å². The second kappa shape index (κ2) is 7.91. The van der Waals surface area contributed by atoms with E-state index in [0.29, 0.717) is 11.6 Å². The molecule has 4 heterocycles. The number of rotatable bonds is 4. The minimum atomic E-state index is -4.88. The Labute approximate surface area is 189 Å². The number of nitrogens with two attached hydrogens (primary N) is 1. The molecule has 2 saturated heterocycles. The summed E-state index contributed by atoms with van der Waals surface area (Å²) in [6, 6.07) is -1.79. The summed E-state index contributed by atoms with van der Waals surface area (Å²) in [5.74, 6) is -4.20. The Morgan fingerprint density at radius 3 is 2.38 bits per heavy atom. The SMILES string of the molecule is N[C@H]1C[C@@H](N2Cc3cn(S(=O)(=O)C4CO4)nc3C2)[C@@H](C(F)(F)F)O[C@@H]1c1cc(F)c(F)cc1F. The summed E-state index contributed by atoms with van der Waals surface area (Å²) < 4.78 is 118. The fourth-order valence-electron chi connectivity index (χ4n) is 4.42. The van der Waals surface area contributed by atoms with E-state index >= 15 is 0 Å².